The number of hydrogen-bond donors (Lipinski definition) is 4. The predicted octanol–water partition coefficient (Wildman–Crippen LogP) is 6.84. The van der Waals surface area contributed by atoms with Crippen LogP contribution in [0, 0.1) is 13.8 Å². The number of nitrogens with zero attached hydrogens (tertiary/aromatic N) is 2. The second kappa shape index (κ2) is 22.5. The molecule has 0 spiro atoms. The van der Waals surface area contributed by atoms with Crippen LogP contribution in [-0.2, 0) is 16.5 Å². The third-order valence-corrected chi connectivity index (χ3v) is 7.30. The molecule has 0 saturated carbocycles. The molecule has 0 aromatic heterocycles. The fourth-order valence-corrected chi connectivity index (χ4v) is 4.61. The van der Waals surface area contributed by atoms with Gasteiger partial charge in [0, 0.05) is 11.1 Å². The van der Waals surface area contributed by atoms with Gasteiger partial charge in [0.1, 0.15) is 0 Å². The molecule has 0 heterocycles. The summed E-state index contributed by atoms with van der Waals surface area (Å²) < 4.78 is 0. The van der Waals surface area contributed by atoms with Gasteiger partial charge in [-0.25, -0.2) is 0 Å². The minimum absolute atomic E-state index is 0. The summed E-state index contributed by atoms with van der Waals surface area (Å²) in [6, 6.07) is 25.7. The summed E-state index contributed by atoms with van der Waals surface area (Å²) in [7, 11) is 0. The molecule has 4 N–H and O–H groups in total. The van der Waals surface area contributed by atoms with E-state index in [0.29, 0.717) is 11.1 Å². The van der Waals surface area contributed by atoms with Crippen molar-refractivity contribution in [2.75, 3.05) is 0 Å². The predicted molar refractivity (Wildman–Crippen MR) is 188 cm³/mol. The zero-order valence-electron chi connectivity index (χ0n) is 28.7. The minimum atomic E-state index is -1.50. The summed E-state index contributed by atoms with van der Waals surface area (Å²) in [5, 5.41) is 56.8. The van der Waals surface area contributed by atoms with Crippen molar-refractivity contribution in [2.45, 2.75) is 72.6 Å². The van der Waals surface area contributed by atoms with Crippen molar-refractivity contribution in [3.05, 3.63) is 107 Å². The van der Waals surface area contributed by atoms with Crippen molar-refractivity contribution in [1.29, 1.82) is 0 Å². The van der Waals surface area contributed by atoms with E-state index in [-0.39, 0.29) is 27.6 Å². The van der Waals surface area contributed by atoms with Gasteiger partial charge in [-0.15, -0.1) is 0 Å². The first-order valence-corrected chi connectivity index (χ1v) is 16.1. The number of para-hydroxylation sites is 2. The number of hydrogen-bond acceptors (Lipinski definition) is 10. The molecule has 0 bridgehead atoms. The topological polar surface area (TPSA) is 186 Å². The average Bonchev–Trinajstić information content (AvgIpc) is 3.08. The number of aromatic hydroxyl groups is 4. The maximum absolute atomic E-state index is 10.4. The van der Waals surface area contributed by atoms with E-state index in [2.05, 4.69) is 38.1 Å². The molecule has 10 nitrogen and oxygen atoms in total. The molecular formula is C39H44N2NiO8. The zero-order chi connectivity index (χ0) is 36.3. The van der Waals surface area contributed by atoms with Crippen LogP contribution in [0.1, 0.15) is 90.6 Å². The minimum Gasteiger partial charge on any atom is -0.545 e. The van der Waals surface area contributed by atoms with Crippen molar-refractivity contribution < 1.29 is 56.7 Å². The third kappa shape index (κ3) is 13.8. The van der Waals surface area contributed by atoms with Crippen LogP contribution in [0.5, 0.6) is 23.0 Å². The van der Waals surface area contributed by atoms with Crippen LogP contribution in [0.25, 0.3) is 0 Å². The monoisotopic (exact) mass is 726 g/mol. The number of carboxylic acid groups (broad SMARTS) is 2. The Hall–Kier alpha value is -5.15. The Morgan fingerprint density at radius 3 is 1.24 bits per heavy atom. The summed E-state index contributed by atoms with van der Waals surface area (Å²) in [6.07, 6.45) is 7.93. The molecule has 0 aliphatic rings. The number of unbranched alkanes of at least 4 members (excludes halogenated alkanes) is 3. The van der Waals surface area contributed by atoms with E-state index in [4.69, 9.17) is 30.4 Å². The Kier molecular flexibility index (Phi) is 19.3. The number of carbonyl (C=O) groups excluding carboxylic acids is 2. The molecule has 4 rings (SSSR count). The van der Waals surface area contributed by atoms with Gasteiger partial charge in [-0.1, -0.05) is 81.6 Å². The van der Waals surface area contributed by atoms with Crippen molar-refractivity contribution in [1.82, 2.24) is 0 Å². The van der Waals surface area contributed by atoms with Crippen LogP contribution in [0.2, 0.25) is 0 Å². The van der Waals surface area contributed by atoms with Gasteiger partial charge in [-0.05, 0) is 87.1 Å². The summed E-state index contributed by atoms with van der Waals surface area (Å²) in [6.45, 7) is 7.48. The van der Waals surface area contributed by atoms with Crippen LogP contribution in [0.4, 0.5) is 11.4 Å². The normalized spacial score (nSPS) is 10.9. The van der Waals surface area contributed by atoms with E-state index in [9.17, 15) is 19.8 Å². The van der Waals surface area contributed by atoms with Gasteiger partial charge in [-0.3, -0.25) is 9.98 Å². The largest absolute Gasteiger partial charge is 2.00 e. The van der Waals surface area contributed by atoms with Gasteiger partial charge in [-0.2, -0.15) is 0 Å². The summed E-state index contributed by atoms with van der Waals surface area (Å²) >= 11 is 0. The quantitative estimate of drug-likeness (QED) is 0.0529. The number of aliphatic imine (C=N–C) groups is 2. The Morgan fingerprint density at radius 2 is 0.920 bits per heavy atom. The Labute approximate surface area is 303 Å². The molecule has 50 heavy (non-hydrogen) atoms. The molecular weight excluding hydrogens is 683 g/mol. The molecule has 268 valence electrons. The third-order valence-electron chi connectivity index (χ3n) is 7.30. The van der Waals surface area contributed by atoms with Crippen molar-refractivity contribution in [2.24, 2.45) is 9.98 Å². The molecule has 0 aliphatic carbocycles. The van der Waals surface area contributed by atoms with E-state index >= 15 is 0 Å². The molecule has 0 saturated heterocycles. The Morgan fingerprint density at radius 1 is 0.560 bits per heavy atom. The number of phenolic OH excluding ortho intramolecular Hbond substituents is 2. The van der Waals surface area contributed by atoms with Crippen LogP contribution in [0.3, 0.4) is 0 Å². The van der Waals surface area contributed by atoms with Gasteiger partial charge in [0.2, 0.25) is 0 Å². The van der Waals surface area contributed by atoms with E-state index < -0.39 is 34.9 Å². The summed E-state index contributed by atoms with van der Waals surface area (Å²) in [4.78, 5) is 30.7. The number of benzene rings is 4. The van der Waals surface area contributed by atoms with Crippen molar-refractivity contribution >= 4 is 34.7 Å². The van der Waals surface area contributed by atoms with E-state index in [1.807, 2.05) is 36.4 Å². The molecule has 0 atom stereocenters. The molecule has 0 amide bonds. The first-order chi connectivity index (χ1) is 23.4. The second-order valence-corrected chi connectivity index (χ2v) is 11.2. The Bertz CT molecular complexity index is 1660. The fourth-order valence-electron chi connectivity index (χ4n) is 4.61. The van der Waals surface area contributed by atoms with Gasteiger partial charge in [0.25, 0.3) is 0 Å². The SMILES string of the molecule is CCCCCC(=Nc1ccccc1)C(CCCC)=Nc1ccccc1.Cc1ccc(O)c(O)c1C(=O)[O-].Cc1ccc(O)c(O)c1C(=O)[O-].[Ni+2]. The number of aryl methyl sites for hydroxylation is 2. The molecule has 0 aliphatic heterocycles. The number of rotatable bonds is 12. The Balaban J connectivity index is 0.000000418. The van der Waals surface area contributed by atoms with Gasteiger partial charge in [0.15, 0.2) is 23.0 Å². The van der Waals surface area contributed by atoms with Crippen molar-refractivity contribution in [3.8, 4) is 23.0 Å². The van der Waals surface area contributed by atoms with E-state index in [1.54, 1.807) is 0 Å². The molecule has 4 aromatic carbocycles. The first-order valence-electron chi connectivity index (χ1n) is 16.1. The van der Waals surface area contributed by atoms with Gasteiger partial charge < -0.3 is 40.2 Å². The van der Waals surface area contributed by atoms with E-state index in [0.717, 1.165) is 42.1 Å². The number of carboxylic acids is 2. The molecule has 0 unspecified atom stereocenters. The van der Waals surface area contributed by atoms with E-state index in [1.165, 1.54) is 63.8 Å². The van der Waals surface area contributed by atoms with Gasteiger partial charge >= 0.3 is 16.5 Å². The number of aromatic carboxylic acids is 2. The maximum Gasteiger partial charge on any atom is 2.00 e. The fraction of sp³-hybridized carbons (Fsp3) is 0.282. The van der Waals surface area contributed by atoms with Crippen LogP contribution >= 0.6 is 0 Å². The number of carbonyl (C=O) groups is 2. The molecule has 0 radical (unpaired) electrons. The van der Waals surface area contributed by atoms with Crippen LogP contribution in [-0.4, -0.2) is 43.8 Å². The number of phenols is 4. The summed E-state index contributed by atoms with van der Waals surface area (Å²) in [5.74, 6) is -5.20. The smallest absolute Gasteiger partial charge is 0.545 e. The first kappa shape index (κ1) is 42.9. The standard InChI is InChI=1S/C23H30N2.2C8H8O4.Ni/c1-3-5-9-19-23(25-21-16-12-8-13-17-21)22(18-6-4-2)24-20-14-10-7-11-15-20;2*1-4-2-3-5(9)7(10)6(4)8(11)12;/h7-8,10-17H,3-6,9,18-19H2,1-2H3;2*2-3,9-10H,1H3,(H,11,12);/q;;;+2/p-2. The average molecular weight is 727 g/mol. The maximum atomic E-state index is 10.4. The second-order valence-electron chi connectivity index (χ2n) is 11.2. The molecule has 4 aromatic rings. The van der Waals surface area contributed by atoms with Crippen LogP contribution in [0.15, 0.2) is 94.9 Å². The van der Waals surface area contributed by atoms with Crippen LogP contribution < -0.4 is 10.2 Å². The molecule has 0 fully saturated rings. The summed E-state index contributed by atoms with van der Waals surface area (Å²) in [5.41, 5.74) is 4.31. The van der Waals surface area contributed by atoms with Crippen molar-refractivity contribution in [3.63, 3.8) is 0 Å². The molecule has 11 heteroatoms. The van der Waals surface area contributed by atoms with Gasteiger partial charge in [0.05, 0.1) is 34.7 Å². The zero-order valence-corrected chi connectivity index (χ0v) is 29.7.